The van der Waals surface area contributed by atoms with Crippen LogP contribution in [0, 0.1) is 11.8 Å². The van der Waals surface area contributed by atoms with Crippen LogP contribution in [-0.2, 0) is 11.3 Å². The average molecular weight is 425 g/mol. The Kier molecular flexibility index (Phi) is 6.45. The number of halogens is 1. The number of rotatable bonds is 6. The van der Waals surface area contributed by atoms with Crippen LogP contribution >= 0.6 is 11.6 Å². The molecule has 0 bridgehead atoms. The van der Waals surface area contributed by atoms with Crippen molar-refractivity contribution in [1.82, 2.24) is 4.90 Å². The van der Waals surface area contributed by atoms with E-state index in [2.05, 4.69) is 65.7 Å². The Morgan fingerprint density at radius 1 is 1.23 bits per heavy atom. The molecule has 2 unspecified atom stereocenters. The van der Waals surface area contributed by atoms with Crippen LogP contribution in [0.5, 0.6) is 0 Å². The smallest absolute Gasteiger partial charge is 0.307 e. The van der Waals surface area contributed by atoms with E-state index in [9.17, 15) is 9.90 Å². The van der Waals surface area contributed by atoms with E-state index in [-0.39, 0.29) is 5.92 Å². The Morgan fingerprint density at radius 2 is 2.03 bits per heavy atom. The van der Waals surface area contributed by atoms with Crippen LogP contribution in [0.1, 0.15) is 43.7 Å². The summed E-state index contributed by atoms with van der Waals surface area (Å²) in [6.07, 6.45) is 6.32. The summed E-state index contributed by atoms with van der Waals surface area (Å²) in [6, 6.07) is 14.5. The van der Waals surface area contributed by atoms with Crippen LogP contribution in [0.3, 0.4) is 0 Å². The molecule has 0 spiro atoms. The largest absolute Gasteiger partial charge is 0.481 e. The molecule has 5 heteroatoms. The Bertz CT molecular complexity index is 939. The van der Waals surface area contributed by atoms with Gasteiger partial charge in [-0.3, -0.25) is 9.69 Å². The van der Waals surface area contributed by atoms with Gasteiger partial charge in [-0.15, -0.1) is 0 Å². The SMILES string of the molecule is CC1CC=C(c2ccc(Nc3ccc(CN4CCCC(C(=O)O)C4)cc3)c(Cl)c2)C1. The zero-order chi connectivity index (χ0) is 21.1. The molecule has 30 heavy (non-hydrogen) atoms. The van der Waals surface area contributed by atoms with Crippen LogP contribution < -0.4 is 5.32 Å². The number of allylic oxidation sites excluding steroid dienone is 2. The number of carboxylic acid groups (broad SMARTS) is 1. The first-order valence-corrected chi connectivity index (χ1v) is 11.2. The molecule has 1 aliphatic heterocycles. The maximum Gasteiger partial charge on any atom is 0.307 e. The van der Waals surface area contributed by atoms with Gasteiger partial charge in [-0.25, -0.2) is 0 Å². The molecule has 0 aromatic heterocycles. The number of carboxylic acids is 1. The summed E-state index contributed by atoms with van der Waals surface area (Å²) in [5, 5.41) is 13.4. The Hall–Kier alpha value is -2.30. The van der Waals surface area contributed by atoms with Crippen molar-refractivity contribution in [2.75, 3.05) is 18.4 Å². The highest BCUT2D eigenvalue weighted by molar-refractivity contribution is 6.33. The fourth-order valence-corrected chi connectivity index (χ4v) is 4.67. The zero-order valence-electron chi connectivity index (χ0n) is 17.4. The van der Waals surface area contributed by atoms with Crippen molar-refractivity contribution >= 4 is 34.5 Å². The molecule has 4 nitrogen and oxygen atoms in total. The van der Waals surface area contributed by atoms with Gasteiger partial charge >= 0.3 is 5.97 Å². The number of piperidine rings is 1. The minimum Gasteiger partial charge on any atom is -0.481 e. The Balaban J connectivity index is 1.37. The number of carbonyl (C=O) groups is 1. The fraction of sp³-hybridized carbons (Fsp3) is 0.400. The topological polar surface area (TPSA) is 52.6 Å². The molecule has 2 aromatic carbocycles. The van der Waals surface area contributed by atoms with Gasteiger partial charge in [0, 0.05) is 18.8 Å². The highest BCUT2D eigenvalue weighted by Gasteiger charge is 2.25. The van der Waals surface area contributed by atoms with Crippen molar-refractivity contribution in [2.45, 2.75) is 39.2 Å². The summed E-state index contributed by atoms with van der Waals surface area (Å²) in [6.45, 7) is 4.65. The van der Waals surface area contributed by atoms with Crippen LogP contribution in [-0.4, -0.2) is 29.1 Å². The quantitative estimate of drug-likeness (QED) is 0.580. The van der Waals surface area contributed by atoms with Gasteiger partial charge in [0.05, 0.1) is 16.6 Å². The van der Waals surface area contributed by atoms with E-state index < -0.39 is 5.97 Å². The number of hydrogen-bond donors (Lipinski definition) is 2. The molecule has 1 aliphatic carbocycles. The first kappa shape index (κ1) is 21.0. The molecule has 158 valence electrons. The second-order valence-corrected chi connectivity index (χ2v) is 9.11. The number of nitrogens with zero attached hydrogens (tertiary/aromatic N) is 1. The summed E-state index contributed by atoms with van der Waals surface area (Å²) >= 11 is 6.55. The van der Waals surface area contributed by atoms with E-state index in [4.69, 9.17) is 11.6 Å². The molecule has 2 atom stereocenters. The van der Waals surface area contributed by atoms with Crippen LogP contribution in [0.25, 0.3) is 5.57 Å². The lowest BCUT2D eigenvalue weighted by molar-refractivity contribution is -0.143. The van der Waals surface area contributed by atoms with Gasteiger partial charge in [0.1, 0.15) is 0 Å². The fourth-order valence-electron chi connectivity index (χ4n) is 4.45. The lowest BCUT2D eigenvalue weighted by atomic mass is 9.98. The molecular formula is C25H29ClN2O2. The van der Waals surface area contributed by atoms with Crippen molar-refractivity contribution in [1.29, 1.82) is 0 Å². The van der Waals surface area contributed by atoms with Crippen LogP contribution in [0.4, 0.5) is 11.4 Å². The Morgan fingerprint density at radius 3 is 2.70 bits per heavy atom. The van der Waals surface area contributed by atoms with E-state index in [1.807, 2.05) is 0 Å². The number of nitrogens with one attached hydrogen (secondary N) is 1. The van der Waals surface area contributed by atoms with E-state index in [0.29, 0.717) is 6.54 Å². The Labute approximate surface area is 183 Å². The highest BCUT2D eigenvalue weighted by Crippen LogP contribution is 2.35. The van der Waals surface area contributed by atoms with Crippen LogP contribution in [0.15, 0.2) is 48.5 Å². The predicted molar refractivity (Wildman–Crippen MR) is 123 cm³/mol. The third kappa shape index (κ3) is 5.05. The lowest BCUT2D eigenvalue weighted by Gasteiger charge is -2.30. The number of anilines is 2. The molecule has 0 saturated carbocycles. The summed E-state index contributed by atoms with van der Waals surface area (Å²) in [5.74, 6) is -0.205. The van der Waals surface area contributed by atoms with Crippen molar-refractivity contribution in [3.8, 4) is 0 Å². The third-order valence-electron chi connectivity index (χ3n) is 6.17. The molecule has 2 N–H and O–H groups in total. The summed E-state index contributed by atoms with van der Waals surface area (Å²) in [5.41, 5.74) is 5.69. The second kappa shape index (κ2) is 9.23. The highest BCUT2D eigenvalue weighted by atomic mass is 35.5. The molecular weight excluding hydrogens is 396 g/mol. The number of benzene rings is 2. The second-order valence-electron chi connectivity index (χ2n) is 8.70. The molecule has 4 rings (SSSR count). The molecule has 1 saturated heterocycles. The zero-order valence-corrected chi connectivity index (χ0v) is 18.2. The maximum absolute atomic E-state index is 11.3. The van der Waals surface area contributed by atoms with Gasteiger partial charge in [0.2, 0.25) is 0 Å². The number of hydrogen-bond acceptors (Lipinski definition) is 3. The molecule has 1 heterocycles. The molecule has 1 fully saturated rings. The van der Waals surface area contributed by atoms with Crippen LogP contribution in [0.2, 0.25) is 5.02 Å². The standard InChI is InChI=1S/C25H29ClN2O2/c1-17-4-7-19(13-17)20-8-11-24(23(26)14-20)27-22-9-5-18(6-10-22)15-28-12-2-3-21(16-28)25(29)30/h5-11,14,17,21,27H,2-4,12-13,15-16H2,1H3,(H,29,30). The normalized spacial score (nSPS) is 22.0. The van der Waals surface area contributed by atoms with Crippen molar-refractivity contribution in [3.05, 3.63) is 64.7 Å². The van der Waals surface area contributed by atoms with Gasteiger partial charge in [-0.05, 0) is 79.1 Å². The molecule has 2 aliphatic rings. The van der Waals surface area contributed by atoms with Crippen molar-refractivity contribution in [2.24, 2.45) is 11.8 Å². The van der Waals surface area contributed by atoms with Crippen molar-refractivity contribution < 1.29 is 9.90 Å². The number of aliphatic carboxylic acids is 1. The molecule has 0 radical (unpaired) electrons. The minimum absolute atomic E-state index is 0.243. The first-order chi connectivity index (χ1) is 14.5. The average Bonchev–Trinajstić information content (AvgIpc) is 3.17. The van der Waals surface area contributed by atoms with Gasteiger partial charge in [0.25, 0.3) is 0 Å². The monoisotopic (exact) mass is 424 g/mol. The van der Waals surface area contributed by atoms with Gasteiger partial charge in [-0.1, -0.05) is 42.8 Å². The van der Waals surface area contributed by atoms with E-state index in [0.717, 1.165) is 61.1 Å². The van der Waals surface area contributed by atoms with E-state index >= 15 is 0 Å². The minimum atomic E-state index is -0.680. The van der Waals surface area contributed by atoms with Gasteiger partial charge < -0.3 is 10.4 Å². The molecule has 2 aromatic rings. The third-order valence-corrected chi connectivity index (χ3v) is 6.48. The van der Waals surface area contributed by atoms with Gasteiger partial charge in [-0.2, -0.15) is 0 Å². The summed E-state index contributed by atoms with van der Waals surface area (Å²) < 4.78 is 0. The molecule has 0 amide bonds. The lowest BCUT2D eigenvalue weighted by Crippen LogP contribution is -2.38. The predicted octanol–water partition coefficient (Wildman–Crippen LogP) is 6.19. The number of likely N-dealkylation sites (tertiary alicyclic amines) is 1. The van der Waals surface area contributed by atoms with E-state index in [1.54, 1.807) is 0 Å². The maximum atomic E-state index is 11.3. The van der Waals surface area contributed by atoms with Gasteiger partial charge in [0.15, 0.2) is 0 Å². The summed E-state index contributed by atoms with van der Waals surface area (Å²) in [4.78, 5) is 13.5. The first-order valence-electron chi connectivity index (χ1n) is 10.8. The van der Waals surface area contributed by atoms with E-state index in [1.165, 1.54) is 16.7 Å². The summed E-state index contributed by atoms with van der Waals surface area (Å²) in [7, 11) is 0. The van der Waals surface area contributed by atoms with Crippen molar-refractivity contribution in [3.63, 3.8) is 0 Å².